The molecule has 6 nitrogen and oxygen atoms in total. The van der Waals surface area contributed by atoms with E-state index in [1.165, 1.54) is 48.5 Å². The monoisotopic (exact) mass is 376 g/mol. The van der Waals surface area contributed by atoms with Crippen LogP contribution in [0.3, 0.4) is 0 Å². The zero-order valence-corrected chi connectivity index (χ0v) is 14.6. The summed E-state index contributed by atoms with van der Waals surface area (Å²) in [5.74, 6) is -1.12. The van der Waals surface area contributed by atoms with Crippen molar-refractivity contribution in [1.82, 2.24) is 5.32 Å². The second-order valence-corrected chi connectivity index (χ2v) is 8.34. The Hall–Kier alpha value is -2.74. The van der Waals surface area contributed by atoms with Crippen LogP contribution in [0.25, 0.3) is 0 Å². The summed E-state index contributed by atoms with van der Waals surface area (Å²) >= 11 is 0. The Morgan fingerprint density at radius 2 is 1.50 bits per heavy atom. The van der Waals surface area contributed by atoms with Gasteiger partial charge in [0.05, 0.1) is 11.5 Å². The van der Waals surface area contributed by atoms with Crippen LogP contribution in [0.4, 0.5) is 10.1 Å². The van der Waals surface area contributed by atoms with Gasteiger partial charge in [0.1, 0.15) is 5.82 Å². The van der Waals surface area contributed by atoms with E-state index >= 15 is 0 Å². The van der Waals surface area contributed by atoms with Gasteiger partial charge in [-0.05, 0) is 55.0 Å². The van der Waals surface area contributed by atoms with Crippen molar-refractivity contribution in [1.29, 1.82) is 0 Å². The normalized spacial score (nSPS) is 18.3. The second kappa shape index (κ2) is 7.25. The van der Waals surface area contributed by atoms with Crippen LogP contribution in [0.5, 0.6) is 0 Å². The molecule has 1 aliphatic heterocycles. The molecule has 2 aromatic carbocycles. The highest BCUT2D eigenvalue weighted by Gasteiger charge is 2.29. The van der Waals surface area contributed by atoms with Crippen LogP contribution in [0, 0.1) is 5.82 Å². The fourth-order valence-electron chi connectivity index (χ4n) is 2.69. The van der Waals surface area contributed by atoms with Crippen molar-refractivity contribution >= 4 is 27.3 Å². The number of hydrogen-bond donors (Lipinski definition) is 2. The molecule has 1 aliphatic rings. The number of sulfone groups is 1. The van der Waals surface area contributed by atoms with E-state index in [0.717, 1.165) is 0 Å². The average molecular weight is 376 g/mol. The largest absolute Gasteiger partial charge is 0.348 e. The Balaban J connectivity index is 1.61. The highest BCUT2D eigenvalue weighted by atomic mass is 32.2. The van der Waals surface area contributed by atoms with Crippen LogP contribution in [0.1, 0.15) is 27.1 Å². The second-order valence-electron chi connectivity index (χ2n) is 6.11. The first kappa shape index (κ1) is 18.1. The lowest BCUT2D eigenvalue weighted by molar-refractivity contribution is 0.0939. The Labute approximate surface area is 150 Å². The van der Waals surface area contributed by atoms with E-state index in [1.807, 2.05) is 0 Å². The zero-order chi connectivity index (χ0) is 18.7. The maximum atomic E-state index is 12.9. The first-order valence-electron chi connectivity index (χ1n) is 8.01. The predicted octanol–water partition coefficient (Wildman–Crippen LogP) is 1.99. The van der Waals surface area contributed by atoms with Crippen molar-refractivity contribution in [3.8, 4) is 0 Å². The Kier molecular flexibility index (Phi) is 5.03. The number of carbonyl (C=O) groups excluding carboxylic acids is 2. The number of amides is 2. The molecule has 1 heterocycles. The molecule has 136 valence electrons. The Morgan fingerprint density at radius 3 is 2.04 bits per heavy atom. The standard InChI is InChI=1S/C18H17FN2O4S/c19-14-5-7-15(8-6-14)20-17(22)12-1-3-13(4-2-12)18(23)21-16-9-10-26(24,25)11-16/h1-8,16H,9-11H2,(H,20,22)(H,21,23). The fourth-order valence-corrected chi connectivity index (χ4v) is 4.36. The Morgan fingerprint density at radius 1 is 0.923 bits per heavy atom. The first-order chi connectivity index (χ1) is 12.3. The van der Waals surface area contributed by atoms with E-state index in [4.69, 9.17) is 0 Å². The summed E-state index contributed by atoms with van der Waals surface area (Å²) < 4.78 is 35.7. The minimum Gasteiger partial charge on any atom is -0.348 e. The predicted molar refractivity (Wildman–Crippen MR) is 95.3 cm³/mol. The van der Waals surface area contributed by atoms with Crippen molar-refractivity contribution in [3.63, 3.8) is 0 Å². The summed E-state index contributed by atoms with van der Waals surface area (Å²) in [4.78, 5) is 24.3. The van der Waals surface area contributed by atoms with Gasteiger partial charge in [-0.3, -0.25) is 9.59 Å². The lowest BCUT2D eigenvalue weighted by atomic mass is 10.1. The Bertz CT molecular complexity index is 925. The molecule has 26 heavy (non-hydrogen) atoms. The number of hydrogen-bond acceptors (Lipinski definition) is 4. The highest BCUT2D eigenvalue weighted by molar-refractivity contribution is 7.91. The molecule has 2 N–H and O–H groups in total. The maximum Gasteiger partial charge on any atom is 0.255 e. The molecule has 1 atom stereocenters. The molecule has 0 radical (unpaired) electrons. The molecule has 1 fully saturated rings. The molecule has 0 spiro atoms. The molecule has 3 rings (SSSR count). The minimum absolute atomic E-state index is 0.0447. The quantitative estimate of drug-likeness (QED) is 0.854. The van der Waals surface area contributed by atoms with Crippen molar-refractivity contribution in [2.24, 2.45) is 0 Å². The van der Waals surface area contributed by atoms with Crippen LogP contribution >= 0.6 is 0 Å². The van der Waals surface area contributed by atoms with Gasteiger partial charge in [-0.1, -0.05) is 0 Å². The molecule has 0 aliphatic carbocycles. The molecular formula is C18H17FN2O4S. The molecule has 2 amide bonds. The van der Waals surface area contributed by atoms with E-state index in [1.54, 1.807) is 0 Å². The summed E-state index contributed by atoms with van der Waals surface area (Å²) in [6.07, 6.45) is 0.409. The summed E-state index contributed by atoms with van der Waals surface area (Å²) in [6.45, 7) is 0. The van der Waals surface area contributed by atoms with E-state index in [9.17, 15) is 22.4 Å². The molecule has 0 aromatic heterocycles. The molecule has 1 saturated heterocycles. The van der Waals surface area contributed by atoms with E-state index in [2.05, 4.69) is 10.6 Å². The summed E-state index contributed by atoms with van der Waals surface area (Å²) in [6, 6.07) is 11.0. The maximum absolute atomic E-state index is 12.9. The number of carbonyl (C=O) groups is 2. The van der Waals surface area contributed by atoms with Crippen molar-refractivity contribution in [2.75, 3.05) is 16.8 Å². The zero-order valence-electron chi connectivity index (χ0n) is 13.7. The van der Waals surface area contributed by atoms with Crippen LogP contribution in [0.15, 0.2) is 48.5 Å². The molecule has 0 saturated carbocycles. The van der Waals surface area contributed by atoms with Crippen LogP contribution < -0.4 is 10.6 Å². The molecule has 1 unspecified atom stereocenters. The van der Waals surface area contributed by atoms with Gasteiger partial charge in [-0.25, -0.2) is 12.8 Å². The van der Waals surface area contributed by atoms with Gasteiger partial charge < -0.3 is 10.6 Å². The third-order valence-electron chi connectivity index (χ3n) is 4.08. The SMILES string of the molecule is O=C(Nc1ccc(F)cc1)c1ccc(C(=O)NC2CCS(=O)(=O)C2)cc1. The van der Waals surface area contributed by atoms with E-state index in [-0.39, 0.29) is 29.4 Å². The van der Waals surface area contributed by atoms with Gasteiger partial charge in [0.15, 0.2) is 9.84 Å². The average Bonchev–Trinajstić information content (AvgIpc) is 2.95. The lowest BCUT2D eigenvalue weighted by Gasteiger charge is -2.11. The smallest absolute Gasteiger partial charge is 0.255 e. The van der Waals surface area contributed by atoms with Crippen molar-refractivity contribution < 1.29 is 22.4 Å². The van der Waals surface area contributed by atoms with Gasteiger partial charge in [-0.15, -0.1) is 0 Å². The number of halogens is 1. The van der Waals surface area contributed by atoms with Crippen LogP contribution in [-0.2, 0) is 9.84 Å². The van der Waals surface area contributed by atoms with Gasteiger partial charge in [-0.2, -0.15) is 0 Å². The summed E-state index contributed by atoms with van der Waals surface area (Å²) in [7, 11) is -3.06. The van der Waals surface area contributed by atoms with Gasteiger partial charge in [0.2, 0.25) is 0 Å². The topological polar surface area (TPSA) is 92.3 Å². The minimum atomic E-state index is -3.06. The number of benzene rings is 2. The van der Waals surface area contributed by atoms with E-state index in [0.29, 0.717) is 23.2 Å². The number of anilines is 1. The molecule has 2 aromatic rings. The van der Waals surface area contributed by atoms with Crippen molar-refractivity contribution in [2.45, 2.75) is 12.5 Å². The first-order valence-corrected chi connectivity index (χ1v) is 9.83. The highest BCUT2D eigenvalue weighted by Crippen LogP contribution is 2.14. The fraction of sp³-hybridized carbons (Fsp3) is 0.222. The number of rotatable bonds is 4. The summed E-state index contributed by atoms with van der Waals surface area (Å²) in [5.41, 5.74) is 1.14. The molecule has 8 heteroatoms. The van der Waals surface area contributed by atoms with Crippen LogP contribution in [-0.4, -0.2) is 37.8 Å². The van der Waals surface area contributed by atoms with Crippen LogP contribution in [0.2, 0.25) is 0 Å². The molecular weight excluding hydrogens is 359 g/mol. The third-order valence-corrected chi connectivity index (χ3v) is 5.85. The van der Waals surface area contributed by atoms with Crippen molar-refractivity contribution in [3.05, 3.63) is 65.5 Å². The number of nitrogens with one attached hydrogen (secondary N) is 2. The van der Waals surface area contributed by atoms with Gasteiger partial charge in [0, 0.05) is 22.9 Å². The lowest BCUT2D eigenvalue weighted by Crippen LogP contribution is -2.35. The van der Waals surface area contributed by atoms with Gasteiger partial charge >= 0.3 is 0 Å². The molecule has 0 bridgehead atoms. The van der Waals surface area contributed by atoms with E-state index < -0.39 is 15.7 Å². The van der Waals surface area contributed by atoms with Gasteiger partial charge in [0.25, 0.3) is 11.8 Å². The third kappa shape index (κ3) is 4.45. The summed E-state index contributed by atoms with van der Waals surface area (Å²) in [5, 5.41) is 5.32.